The predicted octanol–water partition coefficient (Wildman–Crippen LogP) is 5.47. The van der Waals surface area contributed by atoms with Crippen LogP contribution in [0.25, 0.3) is 0 Å². The molecule has 6 nitrogen and oxygen atoms in total. The minimum absolute atomic E-state index is 0.0479. The average Bonchev–Trinajstić information content (AvgIpc) is 3.24. The van der Waals surface area contributed by atoms with Crippen LogP contribution in [0.5, 0.6) is 0 Å². The van der Waals surface area contributed by atoms with Crippen molar-refractivity contribution in [3.8, 4) is 6.19 Å². The lowest BCUT2D eigenvalue weighted by molar-refractivity contribution is -0.275. The van der Waals surface area contributed by atoms with Gasteiger partial charge in [-0.1, -0.05) is 36.7 Å². The molecule has 2 aliphatic rings. The number of hydrogen-bond acceptors (Lipinski definition) is 5. The lowest BCUT2D eigenvalue weighted by Crippen LogP contribution is -2.60. The van der Waals surface area contributed by atoms with Gasteiger partial charge >= 0.3 is 6.18 Å². The van der Waals surface area contributed by atoms with Gasteiger partial charge in [-0.2, -0.15) is 23.4 Å². The Morgan fingerprint density at radius 1 is 1.26 bits per heavy atom. The second-order valence-electron chi connectivity index (χ2n) is 8.74. The number of alkyl halides is 4. The highest BCUT2D eigenvalue weighted by Gasteiger charge is 2.62. The van der Waals surface area contributed by atoms with E-state index in [0.717, 1.165) is 18.2 Å². The third kappa shape index (κ3) is 4.31. The molecule has 0 radical (unpaired) electrons. The van der Waals surface area contributed by atoms with Crippen LogP contribution < -0.4 is 0 Å². The first-order valence-corrected chi connectivity index (χ1v) is 10.9. The van der Waals surface area contributed by atoms with Crippen molar-refractivity contribution in [1.29, 1.82) is 5.26 Å². The van der Waals surface area contributed by atoms with Crippen LogP contribution in [0.2, 0.25) is 5.02 Å². The summed E-state index contributed by atoms with van der Waals surface area (Å²) in [4.78, 5) is 14.4. The second-order valence-corrected chi connectivity index (χ2v) is 9.15. The average molecular weight is 512 g/mol. The van der Waals surface area contributed by atoms with Gasteiger partial charge in [0.1, 0.15) is 11.7 Å². The number of benzene rings is 1. The summed E-state index contributed by atoms with van der Waals surface area (Å²) in [6.45, 7) is 3.58. The molecule has 0 saturated carbocycles. The van der Waals surface area contributed by atoms with Gasteiger partial charge in [-0.3, -0.25) is 4.98 Å². The maximum atomic E-state index is 15.3. The number of halogens is 6. The Hall–Kier alpha value is -3.26. The van der Waals surface area contributed by atoms with Crippen molar-refractivity contribution < 1.29 is 26.8 Å². The van der Waals surface area contributed by atoms with Crippen molar-refractivity contribution >= 4 is 23.1 Å². The van der Waals surface area contributed by atoms with Gasteiger partial charge in [0.15, 0.2) is 5.67 Å². The molecule has 1 aromatic heterocycles. The molecule has 2 aromatic rings. The number of nitriles is 1. The van der Waals surface area contributed by atoms with Gasteiger partial charge in [0.2, 0.25) is 6.19 Å². The summed E-state index contributed by atoms with van der Waals surface area (Å²) >= 11 is 5.69. The highest BCUT2D eigenvalue weighted by atomic mass is 35.5. The van der Waals surface area contributed by atoms with E-state index < -0.39 is 40.3 Å². The number of oxime groups is 1. The lowest BCUT2D eigenvalue weighted by atomic mass is 9.86. The molecule has 1 saturated heterocycles. The van der Waals surface area contributed by atoms with Crippen LogP contribution in [-0.4, -0.2) is 40.7 Å². The molecule has 184 valence electrons. The molecular formula is C23H19ClF5N5O. The SMILES string of the molecule is CC(C)C(=NC#N)N1CC(F)(c2ccc(C3=NOC(c4ccc(F)c(Cl)c4)(C(F)(F)F)C3)cn2)C1. The van der Waals surface area contributed by atoms with Crippen LogP contribution in [0, 0.1) is 23.2 Å². The van der Waals surface area contributed by atoms with Crippen LogP contribution in [0.1, 0.15) is 37.1 Å². The topological polar surface area (TPSA) is 73.9 Å². The summed E-state index contributed by atoms with van der Waals surface area (Å²) in [5, 5.41) is 12.0. The van der Waals surface area contributed by atoms with Gasteiger partial charge in [-0.15, -0.1) is 0 Å². The number of likely N-dealkylation sites (tertiary alicyclic amines) is 1. The number of hydrogen-bond donors (Lipinski definition) is 0. The van der Waals surface area contributed by atoms with Crippen molar-refractivity contribution in [1.82, 2.24) is 9.88 Å². The van der Waals surface area contributed by atoms with Gasteiger partial charge in [-0.05, 0) is 24.3 Å². The summed E-state index contributed by atoms with van der Waals surface area (Å²) in [5.41, 5.74) is -4.75. The quantitative estimate of drug-likeness (QED) is 0.236. The zero-order valence-electron chi connectivity index (χ0n) is 18.6. The largest absolute Gasteiger partial charge is 0.435 e. The molecule has 1 unspecified atom stereocenters. The lowest BCUT2D eigenvalue weighted by Gasteiger charge is -2.46. The maximum Gasteiger partial charge on any atom is 0.435 e. The van der Waals surface area contributed by atoms with Gasteiger partial charge in [0.05, 0.1) is 35.9 Å². The molecular weight excluding hydrogens is 493 g/mol. The van der Waals surface area contributed by atoms with Crippen LogP contribution in [0.15, 0.2) is 46.7 Å². The normalized spacial score (nSPS) is 21.9. The van der Waals surface area contributed by atoms with Gasteiger partial charge in [0, 0.05) is 23.2 Å². The summed E-state index contributed by atoms with van der Waals surface area (Å²) in [5.74, 6) is -0.458. The van der Waals surface area contributed by atoms with E-state index in [1.54, 1.807) is 11.1 Å². The van der Waals surface area contributed by atoms with E-state index in [-0.39, 0.29) is 36.0 Å². The van der Waals surface area contributed by atoms with E-state index in [0.29, 0.717) is 5.84 Å². The number of nitrogens with zero attached hydrogens (tertiary/aromatic N) is 5. The van der Waals surface area contributed by atoms with Crippen molar-refractivity contribution in [3.63, 3.8) is 0 Å². The number of aliphatic imine (C=N–C) groups is 1. The minimum Gasteiger partial charge on any atom is -0.374 e. The van der Waals surface area contributed by atoms with E-state index in [1.165, 1.54) is 18.3 Å². The molecule has 4 rings (SSSR count). The Balaban J connectivity index is 1.53. The maximum absolute atomic E-state index is 15.3. The zero-order valence-corrected chi connectivity index (χ0v) is 19.3. The standard InChI is InChI=1S/C23H19ClF5N5O/c1-13(2)20(32-12-30)34-10-21(26,11-34)19-6-3-14(9-31-19)18-8-22(35-33-18,23(27,28)29)15-4-5-17(25)16(24)7-15/h3-7,9,13H,8,10-11H2,1-2H3. The first kappa shape index (κ1) is 24.9. The molecule has 1 aromatic carbocycles. The molecule has 0 spiro atoms. The fourth-order valence-corrected chi connectivity index (χ4v) is 4.31. The van der Waals surface area contributed by atoms with E-state index in [2.05, 4.69) is 15.1 Å². The molecule has 0 amide bonds. The van der Waals surface area contributed by atoms with Gasteiger partial charge in [-0.25, -0.2) is 8.78 Å². The zero-order chi connectivity index (χ0) is 25.6. The second kappa shape index (κ2) is 8.75. The highest BCUT2D eigenvalue weighted by Crippen LogP contribution is 2.49. The summed E-state index contributed by atoms with van der Waals surface area (Å²) in [7, 11) is 0. The molecule has 35 heavy (non-hydrogen) atoms. The smallest absolute Gasteiger partial charge is 0.374 e. The van der Waals surface area contributed by atoms with E-state index in [4.69, 9.17) is 21.7 Å². The molecule has 1 atom stereocenters. The fraction of sp³-hybridized carbons (Fsp3) is 0.391. The predicted molar refractivity (Wildman–Crippen MR) is 118 cm³/mol. The van der Waals surface area contributed by atoms with E-state index in [9.17, 15) is 17.6 Å². The molecule has 3 heterocycles. The summed E-state index contributed by atoms with van der Waals surface area (Å²) in [6, 6.07) is 5.45. The monoisotopic (exact) mass is 511 g/mol. The number of pyridine rings is 1. The fourth-order valence-electron chi connectivity index (χ4n) is 4.13. The first-order valence-electron chi connectivity index (χ1n) is 10.5. The Morgan fingerprint density at radius 2 is 1.97 bits per heavy atom. The van der Waals surface area contributed by atoms with Crippen molar-refractivity contribution in [2.75, 3.05) is 13.1 Å². The van der Waals surface area contributed by atoms with Gasteiger partial charge in [0.25, 0.3) is 5.60 Å². The Morgan fingerprint density at radius 3 is 2.51 bits per heavy atom. The molecule has 12 heteroatoms. The van der Waals surface area contributed by atoms with Crippen LogP contribution in [0.4, 0.5) is 22.0 Å². The first-order chi connectivity index (χ1) is 16.4. The third-order valence-corrected chi connectivity index (χ3v) is 6.31. The third-order valence-electron chi connectivity index (χ3n) is 6.02. The number of amidine groups is 1. The van der Waals surface area contributed by atoms with E-state index >= 15 is 4.39 Å². The Kier molecular flexibility index (Phi) is 6.21. The molecule has 1 fully saturated rings. The molecule has 0 bridgehead atoms. The minimum atomic E-state index is -4.88. The van der Waals surface area contributed by atoms with E-state index in [1.807, 2.05) is 13.8 Å². The van der Waals surface area contributed by atoms with Crippen molar-refractivity contribution in [3.05, 3.63) is 64.2 Å². The van der Waals surface area contributed by atoms with Crippen LogP contribution >= 0.6 is 11.6 Å². The summed E-state index contributed by atoms with van der Waals surface area (Å²) in [6.07, 6.45) is -2.63. The molecule has 2 aliphatic heterocycles. The number of rotatable bonds is 4. The van der Waals surface area contributed by atoms with Gasteiger partial charge < -0.3 is 9.74 Å². The Bertz CT molecular complexity index is 1230. The highest BCUT2D eigenvalue weighted by molar-refractivity contribution is 6.30. The number of aromatic nitrogens is 1. The molecule has 0 N–H and O–H groups in total. The van der Waals surface area contributed by atoms with Crippen molar-refractivity contribution in [2.45, 2.75) is 37.7 Å². The molecule has 0 aliphatic carbocycles. The summed E-state index contributed by atoms with van der Waals surface area (Å²) < 4.78 is 71.1. The Labute approximate surface area is 202 Å². The van der Waals surface area contributed by atoms with Crippen LogP contribution in [0.3, 0.4) is 0 Å². The van der Waals surface area contributed by atoms with Crippen LogP contribution in [-0.2, 0) is 16.1 Å². The van der Waals surface area contributed by atoms with Crippen molar-refractivity contribution in [2.24, 2.45) is 16.1 Å².